The van der Waals surface area contributed by atoms with Crippen LogP contribution in [0.25, 0.3) is 15.9 Å². The first-order chi connectivity index (χ1) is 13.4. The van der Waals surface area contributed by atoms with Crippen LogP contribution in [0.5, 0.6) is 0 Å². The molecule has 0 aliphatic rings. The molecular weight excluding hydrogens is 429 g/mol. The van der Waals surface area contributed by atoms with E-state index >= 15 is 0 Å². The van der Waals surface area contributed by atoms with Gasteiger partial charge in [0.15, 0.2) is 0 Å². The fraction of sp³-hybridized carbons (Fsp3) is 0.0526. The SMILES string of the molecule is O=c1c2sccc2n(Cc2ccc(F)cc2Cl)c(=O)n1-c1ccc(F)c(Cl)c1. The predicted octanol–water partition coefficient (Wildman–Crippen LogP) is 4.85. The smallest absolute Gasteiger partial charge is 0.288 e. The van der Waals surface area contributed by atoms with E-state index in [0.29, 0.717) is 15.8 Å². The van der Waals surface area contributed by atoms with E-state index < -0.39 is 22.9 Å². The van der Waals surface area contributed by atoms with Gasteiger partial charge in [-0.3, -0.25) is 9.36 Å². The molecule has 0 saturated heterocycles. The zero-order valence-electron chi connectivity index (χ0n) is 14.0. The lowest BCUT2D eigenvalue weighted by Crippen LogP contribution is -2.38. The molecule has 28 heavy (non-hydrogen) atoms. The molecule has 142 valence electrons. The summed E-state index contributed by atoms with van der Waals surface area (Å²) in [6.45, 7) is 0.0282. The number of benzene rings is 2. The molecule has 4 aromatic rings. The Morgan fingerprint density at radius 1 is 0.964 bits per heavy atom. The molecule has 0 atom stereocenters. The third-order valence-corrected chi connectivity index (χ3v) is 5.79. The number of fused-ring (bicyclic) bond motifs is 1. The molecule has 0 fully saturated rings. The van der Waals surface area contributed by atoms with Crippen molar-refractivity contribution < 1.29 is 8.78 Å². The molecule has 9 heteroatoms. The Hall–Kier alpha value is -2.48. The summed E-state index contributed by atoms with van der Waals surface area (Å²) in [7, 11) is 0. The minimum absolute atomic E-state index is 0.0282. The zero-order valence-corrected chi connectivity index (χ0v) is 16.3. The van der Waals surface area contributed by atoms with Crippen LogP contribution in [0.2, 0.25) is 10.0 Å². The molecule has 0 spiro atoms. The molecule has 4 nitrogen and oxygen atoms in total. The summed E-state index contributed by atoms with van der Waals surface area (Å²) in [6, 6.07) is 9.14. The summed E-state index contributed by atoms with van der Waals surface area (Å²) in [4.78, 5) is 26.0. The van der Waals surface area contributed by atoms with Crippen LogP contribution >= 0.6 is 34.5 Å². The quantitative estimate of drug-likeness (QED) is 0.458. The lowest BCUT2D eigenvalue weighted by atomic mass is 10.2. The Balaban J connectivity index is 1.99. The lowest BCUT2D eigenvalue weighted by molar-refractivity contribution is 0.625. The van der Waals surface area contributed by atoms with Crippen LogP contribution in [0.15, 0.2) is 57.4 Å². The molecule has 0 radical (unpaired) electrons. The van der Waals surface area contributed by atoms with E-state index in [2.05, 4.69) is 0 Å². The number of hydrogen-bond donors (Lipinski definition) is 0. The first-order valence-corrected chi connectivity index (χ1v) is 9.63. The number of hydrogen-bond acceptors (Lipinski definition) is 3. The third-order valence-electron chi connectivity index (χ3n) is 4.26. The van der Waals surface area contributed by atoms with E-state index in [1.165, 1.54) is 40.2 Å². The van der Waals surface area contributed by atoms with Crippen molar-refractivity contribution in [3.8, 4) is 5.69 Å². The summed E-state index contributed by atoms with van der Waals surface area (Å²) >= 11 is 13.1. The van der Waals surface area contributed by atoms with Gasteiger partial charge >= 0.3 is 5.69 Å². The number of aromatic nitrogens is 2. The van der Waals surface area contributed by atoms with Crippen molar-refractivity contribution in [3.05, 3.63) is 95.9 Å². The summed E-state index contributed by atoms with van der Waals surface area (Å²) in [5, 5.41) is 1.65. The van der Waals surface area contributed by atoms with E-state index in [1.807, 2.05) is 0 Å². The average molecular weight is 439 g/mol. The molecule has 0 saturated carbocycles. The summed E-state index contributed by atoms with van der Waals surface area (Å²) < 4.78 is 29.5. The van der Waals surface area contributed by atoms with Gasteiger partial charge in [0.25, 0.3) is 5.56 Å². The van der Waals surface area contributed by atoms with Crippen molar-refractivity contribution in [2.45, 2.75) is 6.54 Å². The van der Waals surface area contributed by atoms with Gasteiger partial charge in [0, 0.05) is 5.02 Å². The zero-order chi connectivity index (χ0) is 20.0. The third kappa shape index (κ3) is 3.15. The molecule has 0 aliphatic heterocycles. The number of nitrogens with zero attached hydrogens (tertiary/aromatic N) is 2. The van der Waals surface area contributed by atoms with Gasteiger partial charge in [-0.2, -0.15) is 0 Å². The van der Waals surface area contributed by atoms with Gasteiger partial charge in [-0.05, 0) is 47.3 Å². The number of rotatable bonds is 3. The van der Waals surface area contributed by atoms with Crippen molar-refractivity contribution in [2.24, 2.45) is 0 Å². The van der Waals surface area contributed by atoms with E-state index in [-0.39, 0.29) is 22.3 Å². The normalized spacial score (nSPS) is 11.3. The predicted molar refractivity (Wildman–Crippen MR) is 107 cm³/mol. The van der Waals surface area contributed by atoms with E-state index in [9.17, 15) is 18.4 Å². The highest BCUT2D eigenvalue weighted by atomic mass is 35.5. The molecule has 2 heterocycles. The largest absolute Gasteiger partial charge is 0.336 e. The van der Waals surface area contributed by atoms with Crippen molar-refractivity contribution >= 4 is 44.8 Å². The van der Waals surface area contributed by atoms with Gasteiger partial charge in [-0.1, -0.05) is 29.3 Å². The summed E-state index contributed by atoms with van der Waals surface area (Å²) in [5.41, 5.74) is -0.0707. The highest BCUT2D eigenvalue weighted by Crippen LogP contribution is 2.22. The molecule has 0 unspecified atom stereocenters. The first kappa shape index (κ1) is 18.9. The monoisotopic (exact) mass is 438 g/mol. The van der Waals surface area contributed by atoms with Crippen LogP contribution in [-0.2, 0) is 6.54 Å². The lowest BCUT2D eigenvalue weighted by Gasteiger charge is -2.13. The highest BCUT2D eigenvalue weighted by molar-refractivity contribution is 7.17. The molecular formula is C19H10Cl2F2N2O2S. The van der Waals surface area contributed by atoms with Gasteiger partial charge in [0.2, 0.25) is 0 Å². The maximum atomic E-state index is 13.5. The van der Waals surface area contributed by atoms with Gasteiger partial charge in [-0.15, -0.1) is 11.3 Å². The van der Waals surface area contributed by atoms with Crippen molar-refractivity contribution in [3.63, 3.8) is 0 Å². The summed E-state index contributed by atoms with van der Waals surface area (Å²) in [5.74, 6) is -1.15. The number of halogens is 4. The Morgan fingerprint density at radius 3 is 2.46 bits per heavy atom. The summed E-state index contributed by atoms with van der Waals surface area (Å²) in [6.07, 6.45) is 0. The molecule has 0 bridgehead atoms. The second-order valence-electron chi connectivity index (χ2n) is 5.98. The molecule has 2 aromatic carbocycles. The average Bonchev–Trinajstić information content (AvgIpc) is 3.13. The second kappa shape index (κ2) is 7.16. The molecule has 4 rings (SSSR count). The van der Waals surface area contributed by atoms with Crippen molar-refractivity contribution in [2.75, 3.05) is 0 Å². The van der Waals surface area contributed by atoms with Crippen molar-refractivity contribution in [1.82, 2.24) is 9.13 Å². The molecule has 0 N–H and O–H groups in total. The minimum atomic E-state index is -0.658. The Labute approximate surface area is 170 Å². The van der Waals surface area contributed by atoms with Crippen LogP contribution < -0.4 is 11.2 Å². The van der Waals surface area contributed by atoms with Crippen LogP contribution in [0.4, 0.5) is 8.78 Å². The maximum absolute atomic E-state index is 13.5. The Bertz CT molecular complexity index is 1340. The van der Waals surface area contributed by atoms with Crippen LogP contribution in [0.3, 0.4) is 0 Å². The Morgan fingerprint density at radius 2 is 1.75 bits per heavy atom. The molecule has 0 amide bonds. The van der Waals surface area contributed by atoms with Crippen molar-refractivity contribution in [1.29, 1.82) is 0 Å². The van der Waals surface area contributed by atoms with Gasteiger partial charge in [-0.25, -0.2) is 18.1 Å². The molecule has 0 aliphatic carbocycles. The van der Waals surface area contributed by atoms with E-state index in [1.54, 1.807) is 11.4 Å². The van der Waals surface area contributed by atoms with E-state index in [0.717, 1.165) is 16.7 Å². The maximum Gasteiger partial charge on any atom is 0.336 e. The van der Waals surface area contributed by atoms with Crippen LogP contribution in [0.1, 0.15) is 5.56 Å². The highest BCUT2D eigenvalue weighted by Gasteiger charge is 2.17. The first-order valence-electron chi connectivity index (χ1n) is 7.99. The van der Waals surface area contributed by atoms with Gasteiger partial charge in [0.05, 0.1) is 22.8 Å². The topological polar surface area (TPSA) is 44.0 Å². The van der Waals surface area contributed by atoms with Crippen LogP contribution in [0, 0.1) is 11.6 Å². The fourth-order valence-corrected chi connectivity index (χ4v) is 4.14. The standard InChI is InChI=1S/C19H10Cl2F2N2O2S/c20-13-7-11(22)2-1-10(13)9-24-16-5-6-28-17(16)18(26)25(19(24)27)12-3-4-15(23)14(21)8-12/h1-8H,9H2. The van der Waals surface area contributed by atoms with Crippen LogP contribution in [-0.4, -0.2) is 9.13 Å². The van der Waals surface area contributed by atoms with Gasteiger partial charge in [0.1, 0.15) is 16.3 Å². The molecule has 2 aromatic heterocycles. The number of thiophene rings is 1. The minimum Gasteiger partial charge on any atom is -0.288 e. The Kier molecular flexibility index (Phi) is 4.82. The fourth-order valence-electron chi connectivity index (χ4n) is 2.91. The van der Waals surface area contributed by atoms with Gasteiger partial charge < -0.3 is 0 Å². The van der Waals surface area contributed by atoms with E-state index in [4.69, 9.17) is 23.2 Å². The second-order valence-corrected chi connectivity index (χ2v) is 7.71.